The van der Waals surface area contributed by atoms with E-state index in [2.05, 4.69) is 4.98 Å². The highest BCUT2D eigenvalue weighted by molar-refractivity contribution is 5.78. The molecule has 0 aliphatic rings. The number of aliphatic hydroxyl groups is 1. The first-order valence-corrected chi connectivity index (χ1v) is 5.92. The Morgan fingerprint density at radius 3 is 2.84 bits per heavy atom. The van der Waals surface area contributed by atoms with E-state index in [0.717, 1.165) is 17.1 Å². The summed E-state index contributed by atoms with van der Waals surface area (Å²) in [5.41, 5.74) is 2.18. The van der Waals surface area contributed by atoms with E-state index in [-0.39, 0.29) is 0 Å². The average Bonchev–Trinajstić information content (AvgIpc) is 2.80. The van der Waals surface area contributed by atoms with Crippen LogP contribution in [0.3, 0.4) is 0 Å². The summed E-state index contributed by atoms with van der Waals surface area (Å²) >= 11 is 0. The van der Waals surface area contributed by atoms with Crippen LogP contribution in [0.25, 0.3) is 11.0 Å². The second kappa shape index (κ2) is 4.48. The van der Waals surface area contributed by atoms with Gasteiger partial charge in [0.15, 0.2) is 0 Å². The van der Waals surface area contributed by atoms with Gasteiger partial charge >= 0.3 is 0 Å². The monoisotopic (exact) mass is 257 g/mol. The van der Waals surface area contributed by atoms with Gasteiger partial charge in [0, 0.05) is 17.1 Å². The Morgan fingerprint density at radius 2 is 2.05 bits per heavy atom. The number of furan rings is 1. The number of hydrogen-bond donors (Lipinski definition) is 1. The number of rotatable bonds is 2. The van der Waals surface area contributed by atoms with E-state index in [9.17, 15) is 9.50 Å². The standard InChI is InChI=1S/C15H12FNO2/c1-9-2-3-13-10(4-9)6-14(19-13)15(18)11-5-12(16)8-17-7-11/h2-8,15,18H,1H3. The van der Waals surface area contributed by atoms with Crippen LogP contribution in [0.15, 0.2) is 47.1 Å². The SMILES string of the molecule is Cc1ccc2oc(C(O)c3cncc(F)c3)cc2c1. The molecule has 1 unspecified atom stereocenters. The number of aliphatic hydroxyl groups excluding tert-OH is 1. The van der Waals surface area contributed by atoms with Crippen molar-refractivity contribution in [2.24, 2.45) is 0 Å². The number of hydrogen-bond acceptors (Lipinski definition) is 3. The van der Waals surface area contributed by atoms with Crippen molar-refractivity contribution < 1.29 is 13.9 Å². The fraction of sp³-hybridized carbons (Fsp3) is 0.133. The van der Waals surface area contributed by atoms with Crippen LogP contribution < -0.4 is 0 Å². The highest BCUT2D eigenvalue weighted by Gasteiger charge is 2.16. The molecule has 2 heterocycles. The van der Waals surface area contributed by atoms with E-state index in [0.29, 0.717) is 16.9 Å². The van der Waals surface area contributed by atoms with Gasteiger partial charge in [-0.3, -0.25) is 4.98 Å². The van der Waals surface area contributed by atoms with Crippen LogP contribution in [0.2, 0.25) is 0 Å². The number of aromatic nitrogens is 1. The van der Waals surface area contributed by atoms with Crippen LogP contribution in [0.1, 0.15) is 23.0 Å². The lowest BCUT2D eigenvalue weighted by Gasteiger charge is -2.06. The summed E-state index contributed by atoms with van der Waals surface area (Å²) in [7, 11) is 0. The van der Waals surface area contributed by atoms with Gasteiger partial charge in [0.25, 0.3) is 0 Å². The second-order valence-corrected chi connectivity index (χ2v) is 4.53. The fourth-order valence-electron chi connectivity index (χ4n) is 2.06. The predicted molar refractivity (Wildman–Crippen MR) is 69.2 cm³/mol. The maximum Gasteiger partial charge on any atom is 0.141 e. The molecule has 4 heteroatoms. The highest BCUT2D eigenvalue weighted by atomic mass is 19.1. The zero-order valence-corrected chi connectivity index (χ0v) is 10.3. The van der Waals surface area contributed by atoms with Gasteiger partial charge in [-0.15, -0.1) is 0 Å². The molecular formula is C15H12FNO2. The molecule has 96 valence electrons. The smallest absolute Gasteiger partial charge is 0.141 e. The van der Waals surface area contributed by atoms with Crippen molar-refractivity contribution in [2.45, 2.75) is 13.0 Å². The summed E-state index contributed by atoms with van der Waals surface area (Å²) in [4.78, 5) is 3.72. The van der Waals surface area contributed by atoms with Gasteiger partial charge in [0.05, 0.1) is 6.20 Å². The number of aryl methyl sites for hydroxylation is 1. The van der Waals surface area contributed by atoms with Crippen LogP contribution in [-0.4, -0.2) is 10.1 Å². The maximum atomic E-state index is 13.1. The van der Waals surface area contributed by atoms with Crippen LogP contribution in [-0.2, 0) is 0 Å². The summed E-state index contributed by atoms with van der Waals surface area (Å²) in [6.45, 7) is 1.99. The van der Waals surface area contributed by atoms with E-state index < -0.39 is 11.9 Å². The van der Waals surface area contributed by atoms with Gasteiger partial charge in [0.2, 0.25) is 0 Å². The Kier molecular flexibility index (Phi) is 2.80. The average molecular weight is 257 g/mol. The van der Waals surface area contributed by atoms with E-state index in [1.165, 1.54) is 12.3 Å². The Labute approximate surface area is 109 Å². The van der Waals surface area contributed by atoms with Gasteiger partial charge in [-0.2, -0.15) is 0 Å². The topological polar surface area (TPSA) is 46.3 Å². The summed E-state index contributed by atoms with van der Waals surface area (Å²) in [5.74, 6) is -0.100. The summed E-state index contributed by atoms with van der Waals surface area (Å²) < 4.78 is 18.7. The van der Waals surface area contributed by atoms with Crippen molar-refractivity contribution in [1.82, 2.24) is 4.98 Å². The van der Waals surface area contributed by atoms with Crippen molar-refractivity contribution >= 4 is 11.0 Å². The van der Waals surface area contributed by atoms with E-state index in [1.807, 2.05) is 25.1 Å². The Morgan fingerprint density at radius 1 is 1.21 bits per heavy atom. The van der Waals surface area contributed by atoms with Crippen LogP contribution >= 0.6 is 0 Å². The molecule has 3 rings (SSSR count). The van der Waals surface area contributed by atoms with Crippen LogP contribution in [0, 0.1) is 12.7 Å². The molecule has 0 aliphatic carbocycles. The molecule has 2 aromatic heterocycles. The molecule has 1 atom stereocenters. The largest absolute Gasteiger partial charge is 0.458 e. The Hall–Kier alpha value is -2.20. The van der Waals surface area contributed by atoms with Gasteiger partial charge in [-0.1, -0.05) is 11.6 Å². The molecule has 0 fully saturated rings. The number of benzene rings is 1. The maximum absolute atomic E-state index is 13.1. The lowest BCUT2D eigenvalue weighted by atomic mass is 10.1. The summed E-state index contributed by atoms with van der Waals surface area (Å²) in [6, 6.07) is 8.77. The van der Waals surface area contributed by atoms with Crippen LogP contribution in [0.5, 0.6) is 0 Å². The van der Waals surface area contributed by atoms with Gasteiger partial charge < -0.3 is 9.52 Å². The molecule has 0 spiro atoms. The van der Waals surface area contributed by atoms with Crippen molar-refractivity contribution in [2.75, 3.05) is 0 Å². The minimum atomic E-state index is -1.02. The lowest BCUT2D eigenvalue weighted by Crippen LogP contribution is -1.99. The number of pyridine rings is 1. The molecule has 1 N–H and O–H groups in total. The Bertz CT molecular complexity index is 736. The third-order valence-electron chi connectivity index (χ3n) is 3.00. The number of nitrogens with zero attached hydrogens (tertiary/aromatic N) is 1. The molecular weight excluding hydrogens is 245 g/mol. The molecule has 0 saturated carbocycles. The Balaban J connectivity index is 2.04. The van der Waals surface area contributed by atoms with E-state index in [1.54, 1.807) is 6.07 Å². The molecule has 0 saturated heterocycles. The van der Waals surface area contributed by atoms with Crippen molar-refractivity contribution in [3.05, 3.63) is 65.4 Å². The molecule has 0 aliphatic heterocycles. The zero-order chi connectivity index (χ0) is 13.4. The minimum Gasteiger partial charge on any atom is -0.458 e. The molecule has 0 radical (unpaired) electrons. The minimum absolute atomic E-state index is 0.371. The number of fused-ring (bicyclic) bond motifs is 1. The predicted octanol–water partition coefficient (Wildman–Crippen LogP) is 3.36. The van der Waals surface area contributed by atoms with Crippen LogP contribution in [0.4, 0.5) is 4.39 Å². The third kappa shape index (κ3) is 2.22. The first-order chi connectivity index (χ1) is 9.13. The molecule has 0 amide bonds. The third-order valence-corrected chi connectivity index (χ3v) is 3.00. The summed E-state index contributed by atoms with van der Waals surface area (Å²) in [5, 5.41) is 11.1. The molecule has 3 aromatic rings. The fourth-order valence-corrected chi connectivity index (χ4v) is 2.06. The second-order valence-electron chi connectivity index (χ2n) is 4.53. The van der Waals surface area contributed by atoms with Crippen molar-refractivity contribution in [1.29, 1.82) is 0 Å². The lowest BCUT2D eigenvalue weighted by molar-refractivity contribution is 0.191. The van der Waals surface area contributed by atoms with Crippen molar-refractivity contribution in [3.8, 4) is 0 Å². The van der Waals surface area contributed by atoms with Gasteiger partial charge in [0.1, 0.15) is 23.3 Å². The van der Waals surface area contributed by atoms with E-state index >= 15 is 0 Å². The van der Waals surface area contributed by atoms with Gasteiger partial charge in [-0.05, 0) is 31.2 Å². The quantitative estimate of drug-likeness (QED) is 0.765. The molecule has 19 heavy (non-hydrogen) atoms. The first-order valence-electron chi connectivity index (χ1n) is 5.92. The molecule has 1 aromatic carbocycles. The van der Waals surface area contributed by atoms with Gasteiger partial charge in [-0.25, -0.2) is 4.39 Å². The highest BCUT2D eigenvalue weighted by Crippen LogP contribution is 2.28. The molecule has 0 bridgehead atoms. The van der Waals surface area contributed by atoms with Crippen molar-refractivity contribution in [3.63, 3.8) is 0 Å². The summed E-state index contributed by atoms with van der Waals surface area (Å²) in [6.07, 6.45) is 1.50. The number of halogens is 1. The first kappa shape index (κ1) is 11.9. The zero-order valence-electron chi connectivity index (χ0n) is 10.3. The normalized spacial score (nSPS) is 12.8. The van der Waals surface area contributed by atoms with E-state index in [4.69, 9.17) is 4.42 Å². The molecule has 3 nitrogen and oxygen atoms in total.